The van der Waals surface area contributed by atoms with E-state index < -0.39 is 5.54 Å². The highest BCUT2D eigenvalue weighted by atomic mass is 16.2. The van der Waals surface area contributed by atoms with Crippen molar-refractivity contribution in [1.82, 2.24) is 15.5 Å². The van der Waals surface area contributed by atoms with Gasteiger partial charge in [-0.25, -0.2) is 0 Å². The van der Waals surface area contributed by atoms with E-state index in [0.717, 1.165) is 51.7 Å². The van der Waals surface area contributed by atoms with Crippen LogP contribution in [-0.2, 0) is 4.79 Å². The first-order chi connectivity index (χ1) is 10.2. The van der Waals surface area contributed by atoms with E-state index in [1.165, 1.54) is 12.8 Å². The molecule has 0 aromatic rings. The molecule has 5 heteroatoms. The van der Waals surface area contributed by atoms with Crippen molar-refractivity contribution >= 4 is 5.91 Å². The van der Waals surface area contributed by atoms with Crippen LogP contribution in [-0.4, -0.2) is 49.6 Å². The number of hydrogen-bond donors (Lipinski definition) is 2. The smallest absolute Gasteiger partial charge is 0.235 e. The lowest BCUT2D eigenvalue weighted by molar-refractivity contribution is -0.123. The topological polar surface area (TPSA) is 68.2 Å². The standard InChI is InChI=1S/C16H28N4O/c1-18-10-14-6-9-20(11-14)12-15(21)19-16(13-17)7-4-2-3-5-8-16/h14,18H,2-12H2,1H3,(H,19,21). The van der Waals surface area contributed by atoms with Crippen molar-refractivity contribution in [3.8, 4) is 6.07 Å². The summed E-state index contributed by atoms with van der Waals surface area (Å²) < 4.78 is 0. The van der Waals surface area contributed by atoms with Crippen molar-refractivity contribution in [3.05, 3.63) is 0 Å². The lowest BCUT2D eigenvalue weighted by Gasteiger charge is -2.27. The Morgan fingerprint density at radius 3 is 2.67 bits per heavy atom. The van der Waals surface area contributed by atoms with E-state index in [1.807, 2.05) is 7.05 Å². The number of rotatable bonds is 5. The fourth-order valence-corrected chi connectivity index (χ4v) is 3.62. The van der Waals surface area contributed by atoms with E-state index in [2.05, 4.69) is 21.6 Å². The Kier molecular flexibility index (Phi) is 6.01. The highest BCUT2D eigenvalue weighted by Gasteiger charge is 2.33. The van der Waals surface area contributed by atoms with Crippen LogP contribution < -0.4 is 10.6 Å². The van der Waals surface area contributed by atoms with Crippen LogP contribution in [0.5, 0.6) is 0 Å². The summed E-state index contributed by atoms with van der Waals surface area (Å²) in [4.78, 5) is 14.5. The van der Waals surface area contributed by atoms with Crippen LogP contribution in [0.2, 0.25) is 0 Å². The number of amides is 1. The summed E-state index contributed by atoms with van der Waals surface area (Å²) in [6.45, 7) is 3.41. The van der Waals surface area contributed by atoms with Crippen LogP contribution in [0.4, 0.5) is 0 Å². The molecule has 1 saturated heterocycles. The molecule has 1 unspecified atom stereocenters. The number of carbonyl (C=O) groups excluding carboxylic acids is 1. The lowest BCUT2D eigenvalue weighted by atomic mass is 9.92. The fourth-order valence-electron chi connectivity index (χ4n) is 3.62. The molecule has 5 nitrogen and oxygen atoms in total. The molecule has 21 heavy (non-hydrogen) atoms. The molecule has 0 radical (unpaired) electrons. The zero-order valence-electron chi connectivity index (χ0n) is 13.2. The van der Waals surface area contributed by atoms with Gasteiger partial charge in [0.2, 0.25) is 5.91 Å². The predicted molar refractivity (Wildman–Crippen MR) is 82.7 cm³/mol. The van der Waals surface area contributed by atoms with Gasteiger partial charge in [0.15, 0.2) is 0 Å². The monoisotopic (exact) mass is 292 g/mol. The van der Waals surface area contributed by atoms with Crippen molar-refractivity contribution in [2.45, 2.75) is 50.5 Å². The highest BCUT2D eigenvalue weighted by Crippen LogP contribution is 2.26. The third-order valence-corrected chi connectivity index (χ3v) is 4.78. The quantitative estimate of drug-likeness (QED) is 0.749. The van der Waals surface area contributed by atoms with Crippen molar-refractivity contribution in [3.63, 3.8) is 0 Å². The Bertz CT molecular complexity index is 382. The average molecular weight is 292 g/mol. The number of carbonyl (C=O) groups is 1. The number of nitrogens with zero attached hydrogens (tertiary/aromatic N) is 2. The van der Waals surface area contributed by atoms with E-state index in [4.69, 9.17) is 0 Å². The predicted octanol–water partition coefficient (Wildman–Crippen LogP) is 1.26. The average Bonchev–Trinajstić information content (AvgIpc) is 2.76. The van der Waals surface area contributed by atoms with Gasteiger partial charge < -0.3 is 10.6 Å². The van der Waals surface area contributed by atoms with Crippen LogP contribution in [0.25, 0.3) is 0 Å². The molecule has 1 aliphatic carbocycles. The van der Waals surface area contributed by atoms with Crippen molar-refractivity contribution in [1.29, 1.82) is 5.26 Å². The molecule has 2 aliphatic rings. The molecule has 1 atom stereocenters. The SMILES string of the molecule is CNCC1CCN(CC(=O)NC2(C#N)CCCCCC2)C1. The molecule has 1 aliphatic heterocycles. The molecule has 1 amide bonds. The molecule has 0 bridgehead atoms. The minimum atomic E-state index is -0.613. The van der Waals surface area contributed by atoms with Gasteiger partial charge in [0, 0.05) is 6.54 Å². The molecule has 1 saturated carbocycles. The largest absolute Gasteiger partial charge is 0.337 e. The maximum Gasteiger partial charge on any atom is 0.235 e. The second-order valence-electron chi connectivity index (χ2n) is 6.60. The Labute approximate surface area is 128 Å². The maximum absolute atomic E-state index is 12.3. The van der Waals surface area contributed by atoms with Crippen molar-refractivity contribution in [2.24, 2.45) is 5.92 Å². The Morgan fingerprint density at radius 1 is 1.33 bits per heavy atom. The minimum absolute atomic E-state index is 0.0172. The summed E-state index contributed by atoms with van der Waals surface area (Å²) in [5, 5.41) is 15.7. The fraction of sp³-hybridized carbons (Fsp3) is 0.875. The van der Waals surface area contributed by atoms with Crippen molar-refractivity contribution < 1.29 is 4.79 Å². The van der Waals surface area contributed by atoms with Gasteiger partial charge in [-0.3, -0.25) is 9.69 Å². The van der Waals surface area contributed by atoms with E-state index in [1.54, 1.807) is 0 Å². The lowest BCUT2D eigenvalue weighted by Crippen LogP contribution is -2.50. The summed E-state index contributed by atoms with van der Waals surface area (Å²) in [6, 6.07) is 2.38. The first-order valence-electron chi connectivity index (χ1n) is 8.27. The van der Waals surface area contributed by atoms with Crippen LogP contribution in [0, 0.1) is 17.2 Å². The summed E-state index contributed by atoms with van der Waals surface area (Å²) in [6.07, 6.45) is 7.20. The van der Waals surface area contributed by atoms with Crippen molar-refractivity contribution in [2.75, 3.05) is 33.2 Å². The number of nitrogens with one attached hydrogen (secondary N) is 2. The van der Waals surface area contributed by atoms with Crippen LogP contribution in [0.3, 0.4) is 0 Å². The first kappa shape index (κ1) is 16.3. The molecular weight excluding hydrogens is 264 g/mol. The number of nitriles is 1. The third kappa shape index (κ3) is 4.69. The zero-order chi connectivity index (χ0) is 15.1. The highest BCUT2D eigenvalue weighted by molar-refractivity contribution is 5.79. The summed E-state index contributed by atoms with van der Waals surface area (Å²) in [7, 11) is 1.97. The van der Waals surface area contributed by atoms with Gasteiger partial charge in [-0.1, -0.05) is 25.7 Å². The molecule has 0 aromatic heterocycles. The number of likely N-dealkylation sites (tertiary alicyclic amines) is 1. The van der Waals surface area contributed by atoms with Gasteiger partial charge in [0.05, 0.1) is 12.6 Å². The molecule has 118 valence electrons. The van der Waals surface area contributed by atoms with E-state index in [-0.39, 0.29) is 5.91 Å². The van der Waals surface area contributed by atoms with Gasteiger partial charge in [0.25, 0.3) is 0 Å². The van der Waals surface area contributed by atoms with Crippen LogP contribution in [0.1, 0.15) is 44.9 Å². The van der Waals surface area contributed by atoms with Gasteiger partial charge in [-0.15, -0.1) is 0 Å². The third-order valence-electron chi connectivity index (χ3n) is 4.78. The van der Waals surface area contributed by atoms with Crippen LogP contribution >= 0.6 is 0 Å². The first-order valence-corrected chi connectivity index (χ1v) is 8.27. The summed E-state index contributed by atoms with van der Waals surface area (Å²) in [5.41, 5.74) is -0.613. The van der Waals surface area contributed by atoms with E-state index >= 15 is 0 Å². The molecule has 0 aromatic carbocycles. The second-order valence-corrected chi connectivity index (χ2v) is 6.60. The van der Waals surface area contributed by atoms with E-state index in [9.17, 15) is 10.1 Å². The molecule has 1 heterocycles. The molecular formula is C16H28N4O. The Hall–Kier alpha value is -1.12. The van der Waals surface area contributed by atoms with E-state index in [0.29, 0.717) is 12.5 Å². The zero-order valence-corrected chi connectivity index (χ0v) is 13.2. The van der Waals surface area contributed by atoms with Gasteiger partial charge in [-0.2, -0.15) is 5.26 Å². The van der Waals surface area contributed by atoms with Gasteiger partial charge in [0.1, 0.15) is 5.54 Å². The van der Waals surface area contributed by atoms with Crippen LogP contribution in [0.15, 0.2) is 0 Å². The number of hydrogen-bond acceptors (Lipinski definition) is 4. The normalized spacial score (nSPS) is 26.0. The second kappa shape index (κ2) is 7.77. The Morgan fingerprint density at radius 2 is 2.05 bits per heavy atom. The summed E-state index contributed by atoms with van der Waals surface area (Å²) in [5.74, 6) is 0.661. The van der Waals surface area contributed by atoms with Gasteiger partial charge >= 0.3 is 0 Å². The van der Waals surface area contributed by atoms with Gasteiger partial charge in [-0.05, 0) is 45.3 Å². The molecule has 0 spiro atoms. The summed E-state index contributed by atoms with van der Waals surface area (Å²) >= 11 is 0. The minimum Gasteiger partial charge on any atom is -0.337 e. The molecule has 2 N–H and O–H groups in total. The Balaban J connectivity index is 1.82. The molecule has 2 rings (SSSR count). The maximum atomic E-state index is 12.3. The molecule has 2 fully saturated rings.